The molecule has 8 nitrogen and oxygen atoms in total. The van der Waals surface area contributed by atoms with Crippen molar-refractivity contribution in [2.24, 2.45) is 5.16 Å². The van der Waals surface area contributed by atoms with E-state index in [0.29, 0.717) is 5.71 Å². The average Bonchev–Trinajstić information content (AvgIpc) is 2.99. The molecule has 28 heavy (non-hydrogen) atoms. The van der Waals surface area contributed by atoms with Gasteiger partial charge in [0.1, 0.15) is 24.5 Å². The van der Waals surface area contributed by atoms with Gasteiger partial charge in [-0.2, -0.15) is 0 Å². The number of rotatable bonds is 9. The third-order valence-electron chi connectivity index (χ3n) is 4.35. The highest BCUT2D eigenvalue weighted by atomic mass is 16.6. The van der Waals surface area contributed by atoms with E-state index in [0.717, 1.165) is 22.3 Å². The molecule has 8 heteroatoms. The lowest BCUT2D eigenvalue weighted by Crippen LogP contribution is -2.43. The van der Waals surface area contributed by atoms with E-state index in [9.17, 15) is 14.7 Å². The van der Waals surface area contributed by atoms with Crippen molar-refractivity contribution >= 4 is 17.7 Å². The molecular weight excluding hydrogens is 364 g/mol. The number of benzene rings is 2. The van der Waals surface area contributed by atoms with Gasteiger partial charge < -0.3 is 25.5 Å². The number of carboxylic acids is 2. The normalized spacial score (nSPS) is 14.0. The van der Waals surface area contributed by atoms with Crippen molar-refractivity contribution in [3.05, 3.63) is 59.7 Å². The lowest BCUT2D eigenvalue weighted by atomic mass is 10.1. The molecule has 0 aliphatic heterocycles. The number of hydrogen-bond donors (Lipinski definition) is 4. The van der Waals surface area contributed by atoms with E-state index in [1.807, 2.05) is 48.5 Å². The van der Waals surface area contributed by atoms with Crippen LogP contribution in [0.2, 0.25) is 0 Å². The number of hydrogen-bond acceptors (Lipinski definition) is 6. The molecule has 2 aromatic carbocycles. The molecular formula is C20H20N2O6. The maximum absolute atomic E-state index is 11.0. The number of nitrogens with zero attached hydrogens (tertiary/aromatic N) is 1. The van der Waals surface area contributed by atoms with Crippen LogP contribution in [-0.4, -0.2) is 58.3 Å². The van der Waals surface area contributed by atoms with Crippen LogP contribution in [0.1, 0.15) is 17.5 Å². The second-order valence-corrected chi connectivity index (χ2v) is 6.38. The van der Waals surface area contributed by atoms with Gasteiger partial charge in [-0.05, 0) is 11.1 Å². The Morgan fingerprint density at radius 3 is 2.00 bits per heavy atom. The molecule has 146 valence electrons. The fourth-order valence-corrected chi connectivity index (χ4v) is 3.04. The summed E-state index contributed by atoms with van der Waals surface area (Å²) in [7, 11) is 0. The smallest absolute Gasteiger partial charge is 0.321 e. The second kappa shape index (κ2) is 8.64. The van der Waals surface area contributed by atoms with Crippen LogP contribution >= 0.6 is 0 Å². The van der Waals surface area contributed by atoms with Gasteiger partial charge in [0, 0.05) is 17.7 Å². The maximum Gasteiger partial charge on any atom is 0.321 e. The summed E-state index contributed by atoms with van der Waals surface area (Å²) in [5, 5.41) is 34.4. The topological polar surface area (TPSA) is 128 Å². The molecule has 0 heterocycles. The van der Waals surface area contributed by atoms with E-state index in [4.69, 9.17) is 15.1 Å². The van der Waals surface area contributed by atoms with E-state index in [-0.39, 0.29) is 13.2 Å². The Hall–Kier alpha value is -3.23. The highest BCUT2D eigenvalue weighted by Gasteiger charge is 2.25. The van der Waals surface area contributed by atoms with Crippen LogP contribution in [0.4, 0.5) is 0 Å². The number of oxime groups is 1. The predicted octanol–water partition coefficient (Wildman–Crippen LogP) is 1.31. The molecule has 0 unspecified atom stereocenters. The molecule has 0 fully saturated rings. The number of carboxylic acid groups (broad SMARTS) is 2. The standard InChI is InChI=1S/C20H20N2O6/c23-12(10-21-17(20(26)27)9-18(24)25)11-28-22-19-15-7-3-1-5-13(15)14-6-2-4-8-16(14)19/h1-8,12,17,21,23H,9-11H2,(H,24,25)(H,26,27)/t12-,17+/m1/s1. The third kappa shape index (κ3) is 4.36. The first kappa shape index (κ1) is 19.5. The number of aliphatic hydroxyl groups excluding tert-OH is 1. The fourth-order valence-electron chi connectivity index (χ4n) is 3.04. The van der Waals surface area contributed by atoms with Gasteiger partial charge in [-0.15, -0.1) is 0 Å². The molecule has 0 saturated heterocycles. The van der Waals surface area contributed by atoms with Gasteiger partial charge in [-0.25, -0.2) is 0 Å². The minimum absolute atomic E-state index is 0.137. The second-order valence-electron chi connectivity index (χ2n) is 6.38. The summed E-state index contributed by atoms with van der Waals surface area (Å²) in [6, 6.07) is 14.3. The van der Waals surface area contributed by atoms with Gasteiger partial charge in [0.2, 0.25) is 0 Å². The highest BCUT2D eigenvalue weighted by Crippen LogP contribution is 2.36. The molecule has 2 atom stereocenters. The Labute approximate surface area is 161 Å². The van der Waals surface area contributed by atoms with Crippen molar-refractivity contribution in [3.8, 4) is 11.1 Å². The van der Waals surface area contributed by atoms with Gasteiger partial charge >= 0.3 is 11.9 Å². The lowest BCUT2D eigenvalue weighted by molar-refractivity contribution is -0.146. The average molecular weight is 384 g/mol. The largest absolute Gasteiger partial charge is 0.481 e. The Kier molecular flexibility index (Phi) is 6.03. The lowest BCUT2D eigenvalue weighted by Gasteiger charge is -2.15. The molecule has 3 rings (SSSR count). The van der Waals surface area contributed by atoms with Crippen LogP contribution in [0, 0.1) is 0 Å². The first-order valence-electron chi connectivity index (χ1n) is 8.72. The monoisotopic (exact) mass is 384 g/mol. The molecule has 0 spiro atoms. The summed E-state index contributed by atoms with van der Waals surface area (Å²) in [6.45, 7) is -0.303. The molecule has 1 aliphatic rings. The molecule has 0 bridgehead atoms. The Balaban J connectivity index is 1.62. The van der Waals surface area contributed by atoms with E-state index in [1.165, 1.54) is 0 Å². The maximum atomic E-state index is 11.0. The SMILES string of the molecule is O=C(O)C[C@H](NC[C@@H](O)CON=C1c2ccccc2-c2ccccc21)C(=O)O. The molecule has 4 N–H and O–H groups in total. The first-order chi connectivity index (χ1) is 13.5. The quantitative estimate of drug-likeness (QED) is 0.410. The molecule has 0 radical (unpaired) electrons. The van der Waals surface area contributed by atoms with Gasteiger partial charge in [0.25, 0.3) is 0 Å². The van der Waals surface area contributed by atoms with E-state index in [1.54, 1.807) is 0 Å². The summed E-state index contributed by atoms with van der Waals surface area (Å²) >= 11 is 0. The Morgan fingerprint density at radius 1 is 0.964 bits per heavy atom. The Morgan fingerprint density at radius 2 is 1.50 bits per heavy atom. The third-order valence-corrected chi connectivity index (χ3v) is 4.35. The fraction of sp³-hybridized carbons (Fsp3) is 0.250. The van der Waals surface area contributed by atoms with Crippen molar-refractivity contribution in [1.82, 2.24) is 5.32 Å². The van der Waals surface area contributed by atoms with Crippen molar-refractivity contribution < 1.29 is 29.7 Å². The summed E-state index contributed by atoms with van der Waals surface area (Å²) in [4.78, 5) is 27.0. The van der Waals surface area contributed by atoms with Crippen LogP contribution in [0.5, 0.6) is 0 Å². The number of aliphatic carboxylic acids is 2. The summed E-state index contributed by atoms with van der Waals surface area (Å²) < 4.78 is 0. The molecule has 0 aromatic heterocycles. The highest BCUT2D eigenvalue weighted by molar-refractivity contribution is 6.24. The van der Waals surface area contributed by atoms with Crippen LogP contribution in [-0.2, 0) is 14.4 Å². The number of aliphatic hydroxyl groups is 1. The molecule has 0 amide bonds. The first-order valence-corrected chi connectivity index (χ1v) is 8.72. The minimum atomic E-state index is -1.30. The molecule has 0 saturated carbocycles. The number of nitrogens with one attached hydrogen (secondary N) is 1. The zero-order valence-corrected chi connectivity index (χ0v) is 14.9. The van der Waals surface area contributed by atoms with E-state index < -0.39 is 30.5 Å². The van der Waals surface area contributed by atoms with Crippen LogP contribution in [0.15, 0.2) is 53.7 Å². The predicted molar refractivity (Wildman–Crippen MR) is 101 cm³/mol. The van der Waals surface area contributed by atoms with Gasteiger partial charge in [-0.1, -0.05) is 53.7 Å². The van der Waals surface area contributed by atoms with Crippen molar-refractivity contribution in [2.75, 3.05) is 13.2 Å². The zero-order chi connectivity index (χ0) is 20.1. The zero-order valence-electron chi connectivity index (χ0n) is 14.9. The van der Waals surface area contributed by atoms with Crippen LogP contribution in [0.25, 0.3) is 11.1 Å². The van der Waals surface area contributed by atoms with Crippen LogP contribution in [0.3, 0.4) is 0 Å². The van der Waals surface area contributed by atoms with Gasteiger partial charge in [0.15, 0.2) is 0 Å². The van der Waals surface area contributed by atoms with Crippen molar-refractivity contribution in [1.29, 1.82) is 0 Å². The van der Waals surface area contributed by atoms with Gasteiger partial charge in [-0.3, -0.25) is 9.59 Å². The van der Waals surface area contributed by atoms with Crippen molar-refractivity contribution in [3.63, 3.8) is 0 Å². The minimum Gasteiger partial charge on any atom is -0.481 e. The summed E-state index contributed by atoms with van der Waals surface area (Å²) in [5.41, 5.74) is 4.65. The van der Waals surface area contributed by atoms with E-state index >= 15 is 0 Å². The number of fused-ring (bicyclic) bond motifs is 3. The summed E-state index contributed by atoms with van der Waals surface area (Å²) in [6.07, 6.45) is -1.63. The number of carbonyl (C=O) groups is 2. The molecule has 1 aliphatic carbocycles. The van der Waals surface area contributed by atoms with Gasteiger partial charge in [0.05, 0.1) is 6.42 Å². The summed E-state index contributed by atoms with van der Waals surface area (Å²) in [5.74, 6) is -2.54. The van der Waals surface area contributed by atoms with Crippen LogP contribution < -0.4 is 5.32 Å². The Bertz CT molecular complexity index is 864. The molecule has 2 aromatic rings. The van der Waals surface area contributed by atoms with E-state index in [2.05, 4.69) is 10.5 Å². The van der Waals surface area contributed by atoms with Crippen molar-refractivity contribution in [2.45, 2.75) is 18.6 Å².